The molecule has 0 spiro atoms. The Morgan fingerprint density at radius 3 is 2.68 bits per heavy atom. The van der Waals surface area contributed by atoms with Gasteiger partial charge in [0.2, 0.25) is 16.0 Å². The molecule has 1 saturated heterocycles. The van der Waals surface area contributed by atoms with Crippen molar-refractivity contribution < 1.29 is 13.5 Å². The summed E-state index contributed by atoms with van der Waals surface area (Å²) in [6.07, 6.45) is 4.16. The fraction of sp³-hybridized carbons (Fsp3) is 0.533. The summed E-state index contributed by atoms with van der Waals surface area (Å²) in [6.45, 7) is 0.924. The molecular formula is C15H21N5O4S. The summed E-state index contributed by atoms with van der Waals surface area (Å²) < 4.78 is 26.0. The second-order valence-electron chi connectivity index (χ2n) is 6.10. The molecule has 1 fully saturated rings. The van der Waals surface area contributed by atoms with Crippen LogP contribution in [-0.4, -0.2) is 64.4 Å². The number of sulfonamides is 1. The first-order chi connectivity index (χ1) is 11.9. The Morgan fingerprint density at radius 1 is 1.32 bits per heavy atom. The largest absolute Gasteiger partial charge is 0.395 e. The van der Waals surface area contributed by atoms with E-state index in [1.165, 1.54) is 21.2 Å². The summed E-state index contributed by atoms with van der Waals surface area (Å²) in [4.78, 5) is 20.6. The molecule has 0 bridgehead atoms. The molecule has 0 saturated carbocycles. The number of pyridine rings is 1. The van der Waals surface area contributed by atoms with E-state index >= 15 is 0 Å². The van der Waals surface area contributed by atoms with Crippen LogP contribution in [0.2, 0.25) is 0 Å². The predicted molar refractivity (Wildman–Crippen MR) is 93.9 cm³/mol. The number of hydrogen-bond donors (Lipinski definition) is 2. The van der Waals surface area contributed by atoms with Crippen molar-refractivity contribution >= 4 is 27.0 Å². The number of piperidine rings is 1. The molecule has 9 nitrogen and oxygen atoms in total. The van der Waals surface area contributed by atoms with Crippen molar-refractivity contribution in [1.29, 1.82) is 0 Å². The van der Waals surface area contributed by atoms with Crippen molar-refractivity contribution in [2.75, 3.05) is 31.3 Å². The van der Waals surface area contributed by atoms with Crippen LogP contribution in [0.25, 0.3) is 11.0 Å². The number of aromatic nitrogens is 3. The number of aliphatic hydroxyl groups is 1. The van der Waals surface area contributed by atoms with Crippen LogP contribution in [0.5, 0.6) is 0 Å². The van der Waals surface area contributed by atoms with Crippen LogP contribution in [0.1, 0.15) is 12.8 Å². The molecule has 3 rings (SSSR count). The van der Waals surface area contributed by atoms with Crippen molar-refractivity contribution in [3.63, 3.8) is 0 Å². The number of hydrogen-bond acceptors (Lipinski definition) is 7. The number of nitrogens with one attached hydrogen (secondary N) is 1. The van der Waals surface area contributed by atoms with Gasteiger partial charge < -0.3 is 10.4 Å². The summed E-state index contributed by atoms with van der Waals surface area (Å²) >= 11 is 0. The van der Waals surface area contributed by atoms with Crippen molar-refractivity contribution in [2.45, 2.75) is 25.4 Å². The van der Waals surface area contributed by atoms with Crippen LogP contribution in [-0.2, 0) is 16.6 Å². The standard InChI is InChI=1S/C15H21N5O4S/c1-25(23,24)19-6-4-12(5-7-19)17-15-16-10-11-2-3-13(22)20(8-9-21)14(11)18-15/h2-3,10,12,21H,4-9H2,1H3,(H,16,17,18). The first-order valence-electron chi connectivity index (χ1n) is 8.07. The zero-order valence-electron chi connectivity index (χ0n) is 13.9. The molecular weight excluding hydrogens is 346 g/mol. The van der Waals surface area contributed by atoms with E-state index in [0.717, 1.165) is 0 Å². The summed E-state index contributed by atoms with van der Waals surface area (Å²) in [5, 5.41) is 13.1. The Bertz CT molecular complexity index is 919. The van der Waals surface area contributed by atoms with E-state index in [4.69, 9.17) is 5.11 Å². The Morgan fingerprint density at radius 2 is 2.04 bits per heavy atom. The minimum atomic E-state index is -3.16. The lowest BCUT2D eigenvalue weighted by molar-refractivity contribution is 0.276. The van der Waals surface area contributed by atoms with Gasteiger partial charge in [0.05, 0.1) is 19.4 Å². The van der Waals surface area contributed by atoms with Crippen molar-refractivity contribution in [2.24, 2.45) is 0 Å². The Balaban J connectivity index is 1.79. The highest BCUT2D eigenvalue weighted by molar-refractivity contribution is 7.88. The third kappa shape index (κ3) is 3.97. The van der Waals surface area contributed by atoms with Gasteiger partial charge in [-0.25, -0.2) is 17.7 Å². The number of aliphatic hydroxyl groups excluding tert-OH is 1. The molecule has 10 heteroatoms. The third-order valence-corrected chi connectivity index (χ3v) is 5.61. The van der Waals surface area contributed by atoms with E-state index < -0.39 is 10.0 Å². The highest BCUT2D eigenvalue weighted by Gasteiger charge is 2.25. The molecule has 1 aliphatic rings. The van der Waals surface area contributed by atoms with E-state index in [2.05, 4.69) is 15.3 Å². The minimum absolute atomic E-state index is 0.0668. The zero-order valence-corrected chi connectivity index (χ0v) is 14.7. The monoisotopic (exact) mass is 367 g/mol. The van der Waals surface area contributed by atoms with Gasteiger partial charge in [-0.2, -0.15) is 4.98 Å². The summed E-state index contributed by atoms with van der Waals surface area (Å²) in [5.41, 5.74) is 0.236. The molecule has 0 amide bonds. The lowest BCUT2D eigenvalue weighted by Crippen LogP contribution is -2.42. The molecule has 0 atom stereocenters. The first-order valence-corrected chi connectivity index (χ1v) is 9.92. The molecule has 2 aromatic rings. The second-order valence-corrected chi connectivity index (χ2v) is 8.08. The van der Waals surface area contributed by atoms with Crippen molar-refractivity contribution in [3.05, 3.63) is 28.7 Å². The molecule has 0 unspecified atom stereocenters. The van der Waals surface area contributed by atoms with Gasteiger partial charge in [-0.3, -0.25) is 9.36 Å². The van der Waals surface area contributed by atoms with E-state index in [0.29, 0.717) is 42.9 Å². The Hall–Kier alpha value is -2.04. The smallest absolute Gasteiger partial charge is 0.252 e. The zero-order chi connectivity index (χ0) is 18.0. The van der Waals surface area contributed by atoms with Gasteiger partial charge in [-0.1, -0.05) is 0 Å². The summed E-state index contributed by atoms with van der Waals surface area (Å²) in [7, 11) is -3.16. The molecule has 136 valence electrons. The topological polar surface area (TPSA) is 117 Å². The molecule has 3 heterocycles. The summed E-state index contributed by atoms with van der Waals surface area (Å²) in [5.74, 6) is 0.391. The molecule has 1 aliphatic heterocycles. The normalized spacial score (nSPS) is 17.0. The summed E-state index contributed by atoms with van der Waals surface area (Å²) in [6, 6.07) is 3.15. The van der Waals surface area contributed by atoms with Gasteiger partial charge in [0.1, 0.15) is 5.65 Å². The van der Waals surface area contributed by atoms with Crippen LogP contribution in [0.4, 0.5) is 5.95 Å². The highest BCUT2D eigenvalue weighted by atomic mass is 32.2. The van der Waals surface area contributed by atoms with Crippen LogP contribution >= 0.6 is 0 Å². The van der Waals surface area contributed by atoms with Gasteiger partial charge in [0.25, 0.3) is 5.56 Å². The highest BCUT2D eigenvalue weighted by Crippen LogP contribution is 2.17. The fourth-order valence-corrected chi connectivity index (χ4v) is 3.85. The van der Waals surface area contributed by atoms with Crippen LogP contribution in [0.15, 0.2) is 23.1 Å². The predicted octanol–water partition coefficient (Wildman–Crippen LogP) is -0.380. The number of nitrogens with zero attached hydrogens (tertiary/aromatic N) is 4. The van der Waals surface area contributed by atoms with E-state index in [1.807, 2.05) is 0 Å². The van der Waals surface area contributed by atoms with Crippen LogP contribution in [0, 0.1) is 0 Å². The molecule has 0 radical (unpaired) electrons. The number of fused-ring (bicyclic) bond motifs is 1. The molecule has 25 heavy (non-hydrogen) atoms. The van der Waals surface area contributed by atoms with Gasteiger partial charge in [0.15, 0.2) is 0 Å². The maximum atomic E-state index is 12.0. The van der Waals surface area contributed by atoms with Gasteiger partial charge in [-0.05, 0) is 18.9 Å². The SMILES string of the molecule is CS(=O)(=O)N1CCC(Nc2ncc3ccc(=O)n(CCO)c3n2)CC1. The first kappa shape index (κ1) is 17.8. The third-order valence-electron chi connectivity index (χ3n) is 4.30. The molecule has 2 aromatic heterocycles. The van der Waals surface area contributed by atoms with E-state index in [1.54, 1.807) is 12.3 Å². The number of rotatable bonds is 5. The van der Waals surface area contributed by atoms with E-state index in [9.17, 15) is 13.2 Å². The second kappa shape index (κ2) is 7.06. The number of anilines is 1. The van der Waals surface area contributed by atoms with Crippen LogP contribution in [0.3, 0.4) is 0 Å². The van der Waals surface area contributed by atoms with Crippen LogP contribution < -0.4 is 10.9 Å². The average Bonchev–Trinajstić information content (AvgIpc) is 2.57. The lowest BCUT2D eigenvalue weighted by atomic mass is 10.1. The average molecular weight is 367 g/mol. The molecule has 0 aromatic carbocycles. The van der Waals surface area contributed by atoms with Crippen molar-refractivity contribution in [1.82, 2.24) is 18.8 Å². The van der Waals surface area contributed by atoms with Crippen molar-refractivity contribution in [3.8, 4) is 0 Å². The Labute approximate surface area is 145 Å². The van der Waals surface area contributed by atoms with Gasteiger partial charge in [0, 0.05) is 36.8 Å². The maximum Gasteiger partial charge on any atom is 0.252 e. The minimum Gasteiger partial charge on any atom is -0.395 e. The fourth-order valence-electron chi connectivity index (χ4n) is 2.97. The Kier molecular flexibility index (Phi) is 5.02. The molecule has 2 N–H and O–H groups in total. The molecule has 0 aliphatic carbocycles. The quantitative estimate of drug-likeness (QED) is 0.740. The van der Waals surface area contributed by atoms with Gasteiger partial charge >= 0.3 is 0 Å². The maximum absolute atomic E-state index is 12.0. The van der Waals surface area contributed by atoms with E-state index in [-0.39, 0.29) is 24.8 Å². The lowest BCUT2D eigenvalue weighted by Gasteiger charge is -2.30. The van der Waals surface area contributed by atoms with Gasteiger partial charge in [-0.15, -0.1) is 0 Å².